The molecule has 0 aromatic carbocycles. The number of aryl methyl sites for hydroxylation is 1. The maximum atomic E-state index is 9.91. The maximum Gasteiger partial charge on any atom is 0.0738 e. The summed E-state index contributed by atoms with van der Waals surface area (Å²) < 4.78 is 1.84. The highest BCUT2D eigenvalue weighted by Crippen LogP contribution is 2.28. The first-order chi connectivity index (χ1) is 7.24. The number of hydrogen-bond acceptors (Lipinski definition) is 2. The highest BCUT2D eigenvalue weighted by Gasteiger charge is 2.19. The van der Waals surface area contributed by atoms with Gasteiger partial charge >= 0.3 is 0 Å². The third-order valence-corrected chi connectivity index (χ3v) is 3.24. The van der Waals surface area contributed by atoms with Crippen LogP contribution in [0.1, 0.15) is 37.7 Å². The summed E-state index contributed by atoms with van der Waals surface area (Å²) in [7, 11) is 0. The molecule has 1 saturated carbocycles. The molecule has 84 valence electrons. The van der Waals surface area contributed by atoms with Crippen LogP contribution in [0.5, 0.6) is 0 Å². The first kappa shape index (κ1) is 10.7. The second-order valence-electron chi connectivity index (χ2n) is 4.78. The summed E-state index contributed by atoms with van der Waals surface area (Å²) in [5, 5.41) is 14.1. The van der Waals surface area contributed by atoms with Crippen molar-refractivity contribution >= 4 is 0 Å². The Morgan fingerprint density at radius 3 is 2.87 bits per heavy atom. The predicted molar refractivity (Wildman–Crippen MR) is 59.5 cm³/mol. The molecule has 1 aliphatic carbocycles. The smallest absolute Gasteiger partial charge is 0.0738 e. The fourth-order valence-corrected chi connectivity index (χ4v) is 2.49. The van der Waals surface area contributed by atoms with Crippen LogP contribution in [0.3, 0.4) is 0 Å². The van der Waals surface area contributed by atoms with Gasteiger partial charge in [-0.3, -0.25) is 4.68 Å². The van der Waals surface area contributed by atoms with Gasteiger partial charge in [-0.05, 0) is 24.8 Å². The summed E-state index contributed by atoms with van der Waals surface area (Å²) in [5.41, 5.74) is 1.16. The molecule has 1 heterocycles. The van der Waals surface area contributed by atoms with Crippen molar-refractivity contribution in [3.05, 3.63) is 18.0 Å². The van der Waals surface area contributed by atoms with Crippen LogP contribution in [0, 0.1) is 12.8 Å². The molecule has 1 aromatic rings. The lowest BCUT2D eigenvalue weighted by molar-refractivity contribution is 0.120. The minimum absolute atomic E-state index is 0.229. The molecule has 1 N–H and O–H groups in total. The zero-order valence-electron chi connectivity index (χ0n) is 9.39. The Morgan fingerprint density at radius 2 is 2.27 bits per heavy atom. The Kier molecular flexibility index (Phi) is 3.41. The highest BCUT2D eigenvalue weighted by molar-refractivity contribution is 4.99. The Hall–Kier alpha value is -0.830. The summed E-state index contributed by atoms with van der Waals surface area (Å²) in [6.07, 6.45) is 9.83. The molecule has 0 radical (unpaired) electrons. The molecule has 0 amide bonds. The van der Waals surface area contributed by atoms with E-state index in [-0.39, 0.29) is 6.10 Å². The van der Waals surface area contributed by atoms with E-state index in [0.29, 0.717) is 6.54 Å². The molecule has 2 rings (SSSR count). The van der Waals surface area contributed by atoms with Gasteiger partial charge in [0.1, 0.15) is 0 Å². The van der Waals surface area contributed by atoms with Gasteiger partial charge in [-0.15, -0.1) is 0 Å². The van der Waals surface area contributed by atoms with E-state index in [9.17, 15) is 5.11 Å². The summed E-state index contributed by atoms with van der Waals surface area (Å²) >= 11 is 0. The van der Waals surface area contributed by atoms with E-state index in [1.54, 1.807) is 0 Å². The van der Waals surface area contributed by atoms with E-state index in [2.05, 4.69) is 5.10 Å². The third-order valence-electron chi connectivity index (χ3n) is 3.24. The van der Waals surface area contributed by atoms with E-state index in [1.165, 1.54) is 25.7 Å². The number of aromatic nitrogens is 2. The van der Waals surface area contributed by atoms with Gasteiger partial charge in [0, 0.05) is 6.20 Å². The molecule has 0 bridgehead atoms. The molecule has 3 heteroatoms. The summed E-state index contributed by atoms with van der Waals surface area (Å²) in [6.45, 7) is 2.66. The van der Waals surface area contributed by atoms with Crippen LogP contribution >= 0.6 is 0 Å². The highest BCUT2D eigenvalue weighted by atomic mass is 16.3. The molecule has 3 nitrogen and oxygen atoms in total. The van der Waals surface area contributed by atoms with Gasteiger partial charge in [0.15, 0.2) is 0 Å². The predicted octanol–water partition coefficient (Wildman–Crippen LogP) is 2.13. The van der Waals surface area contributed by atoms with Crippen LogP contribution in [0.15, 0.2) is 12.4 Å². The monoisotopic (exact) mass is 208 g/mol. The molecular formula is C12H20N2O. The minimum atomic E-state index is -0.229. The van der Waals surface area contributed by atoms with E-state index in [1.807, 2.05) is 24.0 Å². The van der Waals surface area contributed by atoms with Crippen LogP contribution in [0.4, 0.5) is 0 Å². The van der Waals surface area contributed by atoms with Gasteiger partial charge in [0.25, 0.3) is 0 Å². The molecule has 1 fully saturated rings. The van der Waals surface area contributed by atoms with Crippen LogP contribution in [0.2, 0.25) is 0 Å². The number of nitrogens with zero attached hydrogens (tertiary/aromatic N) is 2. The Morgan fingerprint density at radius 1 is 1.53 bits per heavy atom. The van der Waals surface area contributed by atoms with Crippen molar-refractivity contribution in [2.75, 3.05) is 0 Å². The lowest BCUT2D eigenvalue weighted by Gasteiger charge is -2.15. The molecule has 1 aliphatic rings. The van der Waals surface area contributed by atoms with Gasteiger partial charge in [-0.2, -0.15) is 5.10 Å². The largest absolute Gasteiger partial charge is 0.391 e. The van der Waals surface area contributed by atoms with Crippen molar-refractivity contribution in [2.45, 2.75) is 51.7 Å². The average molecular weight is 208 g/mol. The van der Waals surface area contributed by atoms with Crippen molar-refractivity contribution in [1.29, 1.82) is 0 Å². The molecule has 1 aromatic heterocycles. The number of aliphatic hydroxyl groups excluding tert-OH is 1. The van der Waals surface area contributed by atoms with Gasteiger partial charge in [0.2, 0.25) is 0 Å². The van der Waals surface area contributed by atoms with E-state index < -0.39 is 0 Å². The molecule has 0 spiro atoms. The van der Waals surface area contributed by atoms with Crippen molar-refractivity contribution in [1.82, 2.24) is 9.78 Å². The van der Waals surface area contributed by atoms with Crippen LogP contribution in [-0.4, -0.2) is 21.0 Å². The van der Waals surface area contributed by atoms with Gasteiger partial charge in [-0.25, -0.2) is 0 Å². The topological polar surface area (TPSA) is 38.0 Å². The minimum Gasteiger partial charge on any atom is -0.391 e. The normalized spacial score (nSPS) is 19.6. The van der Waals surface area contributed by atoms with Gasteiger partial charge < -0.3 is 5.11 Å². The second kappa shape index (κ2) is 4.79. The second-order valence-corrected chi connectivity index (χ2v) is 4.78. The van der Waals surface area contributed by atoms with Crippen molar-refractivity contribution in [3.63, 3.8) is 0 Å². The van der Waals surface area contributed by atoms with E-state index in [4.69, 9.17) is 0 Å². The van der Waals surface area contributed by atoms with Crippen molar-refractivity contribution < 1.29 is 5.11 Å². The standard InChI is InChI=1S/C12H20N2O/c1-10-7-13-14(8-10)9-12(15)6-11-4-2-3-5-11/h7-8,11-12,15H,2-6,9H2,1H3. The Balaban J connectivity index is 1.78. The number of aliphatic hydroxyl groups is 1. The van der Waals surface area contributed by atoms with Gasteiger partial charge in [-0.1, -0.05) is 25.7 Å². The zero-order valence-corrected chi connectivity index (χ0v) is 9.39. The summed E-state index contributed by atoms with van der Waals surface area (Å²) in [5.74, 6) is 0.747. The maximum absolute atomic E-state index is 9.91. The Bertz CT molecular complexity index is 302. The van der Waals surface area contributed by atoms with Crippen LogP contribution < -0.4 is 0 Å². The SMILES string of the molecule is Cc1cnn(CC(O)CC2CCCC2)c1. The fourth-order valence-electron chi connectivity index (χ4n) is 2.49. The summed E-state index contributed by atoms with van der Waals surface area (Å²) in [6, 6.07) is 0. The lowest BCUT2D eigenvalue weighted by Crippen LogP contribution is -2.19. The first-order valence-corrected chi connectivity index (χ1v) is 5.91. The average Bonchev–Trinajstić information content (AvgIpc) is 2.77. The lowest BCUT2D eigenvalue weighted by atomic mass is 10.0. The zero-order chi connectivity index (χ0) is 10.7. The van der Waals surface area contributed by atoms with Crippen molar-refractivity contribution in [3.8, 4) is 0 Å². The summed E-state index contributed by atoms with van der Waals surface area (Å²) in [4.78, 5) is 0. The van der Waals surface area contributed by atoms with Crippen molar-refractivity contribution in [2.24, 2.45) is 5.92 Å². The first-order valence-electron chi connectivity index (χ1n) is 5.91. The molecule has 15 heavy (non-hydrogen) atoms. The molecule has 0 saturated heterocycles. The van der Waals surface area contributed by atoms with Crippen LogP contribution in [-0.2, 0) is 6.54 Å². The van der Waals surface area contributed by atoms with E-state index in [0.717, 1.165) is 17.9 Å². The molecule has 0 aliphatic heterocycles. The number of rotatable bonds is 4. The Labute approximate surface area is 91.1 Å². The number of hydrogen-bond donors (Lipinski definition) is 1. The molecule has 1 unspecified atom stereocenters. The quantitative estimate of drug-likeness (QED) is 0.823. The van der Waals surface area contributed by atoms with E-state index >= 15 is 0 Å². The molecule has 1 atom stereocenters. The van der Waals surface area contributed by atoms with Crippen LogP contribution in [0.25, 0.3) is 0 Å². The molecular weight excluding hydrogens is 188 g/mol. The fraction of sp³-hybridized carbons (Fsp3) is 0.750. The third kappa shape index (κ3) is 3.06. The van der Waals surface area contributed by atoms with Gasteiger partial charge in [0.05, 0.1) is 18.8 Å².